The van der Waals surface area contributed by atoms with Gasteiger partial charge in [0, 0.05) is 13.1 Å². The molecule has 1 fully saturated rings. The number of carbonyl (C=O) groups is 2. The molecule has 0 aromatic rings. The standard InChI is InChI=1S/C13H25N3O3S/c1-16-6-3-4-10(9-16)8-14-13(19)15-11(12(17)18)5-7-20-2/h10-11H,3-9H2,1-2H3,(H,17,18)(H2,14,15,19)/t10?,11-/m1/s1. The van der Waals surface area contributed by atoms with Gasteiger partial charge in [-0.2, -0.15) is 11.8 Å². The Balaban J connectivity index is 2.28. The van der Waals surface area contributed by atoms with Gasteiger partial charge in [0.2, 0.25) is 0 Å². The Bertz CT molecular complexity index is 328. The van der Waals surface area contributed by atoms with Crippen molar-refractivity contribution in [3.63, 3.8) is 0 Å². The minimum atomic E-state index is -0.980. The lowest BCUT2D eigenvalue weighted by molar-refractivity contribution is -0.139. The van der Waals surface area contributed by atoms with Crippen molar-refractivity contribution in [1.82, 2.24) is 15.5 Å². The first-order chi connectivity index (χ1) is 9.52. The van der Waals surface area contributed by atoms with Gasteiger partial charge in [-0.15, -0.1) is 0 Å². The van der Waals surface area contributed by atoms with Crippen LogP contribution in [0.15, 0.2) is 0 Å². The molecule has 6 nitrogen and oxygen atoms in total. The van der Waals surface area contributed by atoms with Crippen LogP contribution < -0.4 is 10.6 Å². The van der Waals surface area contributed by atoms with Gasteiger partial charge in [0.15, 0.2) is 0 Å². The summed E-state index contributed by atoms with van der Waals surface area (Å²) in [5.41, 5.74) is 0. The molecule has 1 heterocycles. The first kappa shape index (κ1) is 17.1. The fourth-order valence-electron chi connectivity index (χ4n) is 2.38. The lowest BCUT2D eigenvalue weighted by atomic mass is 9.99. The van der Waals surface area contributed by atoms with Gasteiger partial charge in [-0.1, -0.05) is 0 Å². The predicted octanol–water partition coefficient (Wildman–Crippen LogP) is 0.834. The number of hydrogen-bond donors (Lipinski definition) is 3. The third-order valence-corrected chi connectivity index (χ3v) is 4.13. The van der Waals surface area contributed by atoms with E-state index in [1.54, 1.807) is 11.8 Å². The molecule has 1 rings (SSSR count). The molecule has 0 aromatic heterocycles. The van der Waals surface area contributed by atoms with Gasteiger partial charge in [-0.05, 0) is 50.8 Å². The molecule has 2 amide bonds. The number of piperidine rings is 1. The van der Waals surface area contributed by atoms with E-state index in [1.807, 2.05) is 6.26 Å². The minimum Gasteiger partial charge on any atom is -0.480 e. The molecule has 0 aliphatic carbocycles. The zero-order chi connectivity index (χ0) is 15.0. The van der Waals surface area contributed by atoms with Crippen LogP contribution in [0.5, 0.6) is 0 Å². The Morgan fingerprint density at radius 3 is 2.85 bits per heavy atom. The average Bonchev–Trinajstić information content (AvgIpc) is 2.41. The molecule has 0 aromatic carbocycles. The van der Waals surface area contributed by atoms with Crippen molar-refractivity contribution in [2.75, 3.05) is 38.7 Å². The summed E-state index contributed by atoms with van der Waals surface area (Å²) in [6.45, 7) is 2.69. The molecule has 3 N–H and O–H groups in total. The number of nitrogens with zero attached hydrogens (tertiary/aromatic N) is 1. The topological polar surface area (TPSA) is 81.7 Å². The number of thioether (sulfide) groups is 1. The first-order valence-electron chi connectivity index (χ1n) is 6.97. The van der Waals surface area contributed by atoms with Crippen molar-refractivity contribution < 1.29 is 14.7 Å². The molecule has 0 spiro atoms. The van der Waals surface area contributed by atoms with Gasteiger partial charge in [-0.3, -0.25) is 0 Å². The number of carbonyl (C=O) groups excluding carboxylic acids is 1. The van der Waals surface area contributed by atoms with Crippen LogP contribution in [0.4, 0.5) is 4.79 Å². The second-order valence-electron chi connectivity index (χ2n) is 5.30. The Morgan fingerprint density at radius 1 is 1.50 bits per heavy atom. The normalized spacial score (nSPS) is 21.2. The van der Waals surface area contributed by atoms with Gasteiger partial charge in [-0.25, -0.2) is 9.59 Å². The van der Waals surface area contributed by atoms with E-state index in [0.29, 0.717) is 24.6 Å². The van der Waals surface area contributed by atoms with Crippen molar-refractivity contribution in [2.45, 2.75) is 25.3 Å². The van der Waals surface area contributed by atoms with Crippen molar-refractivity contribution in [2.24, 2.45) is 5.92 Å². The van der Waals surface area contributed by atoms with Crippen molar-refractivity contribution in [3.05, 3.63) is 0 Å². The highest BCUT2D eigenvalue weighted by Gasteiger charge is 2.21. The Morgan fingerprint density at radius 2 is 2.25 bits per heavy atom. The van der Waals surface area contributed by atoms with Crippen LogP contribution >= 0.6 is 11.8 Å². The van der Waals surface area contributed by atoms with Crippen LogP contribution in [-0.4, -0.2) is 66.7 Å². The highest BCUT2D eigenvalue weighted by atomic mass is 32.2. The summed E-state index contributed by atoms with van der Waals surface area (Å²) in [6, 6.07) is -1.19. The number of nitrogens with one attached hydrogen (secondary N) is 2. The van der Waals surface area contributed by atoms with Gasteiger partial charge >= 0.3 is 12.0 Å². The van der Waals surface area contributed by atoms with E-state index in [4.69, 9.17) is 5.11 Å². The fourth-order valence-corrected chi connectivity index (χ4v) is 2.85. The largest absolute Gasteiger partial charge is 0.480 e. The number of amides is 2. The lowest BCUT2D eigenvalue weighted by Gasteiger charge is -2.29. The van der Waals surface area contributed by atoms with Gasteiger partial charge in [0.05, 0.1) is 0 Å². The van der Waals surface area contributed by atoms with Crippen LogP contribution in [0.2, 0.25) is 0 Å². The molecular weight excluding hydrogens is 278 g/mol. The van der Waals surface area contributed by atoms with Crippen LogP contribution in [0, 0.1) is 5.92 Å². The smallest absolute Gasteiger partial charge is 0.326 e. The molecule has 0 radical (unpaired) electrons. The van der Waals surface area contributed by atoms with Gasteiger partial charge < -0.3 is 20.6 Å². The summed E-state index contributed by atoms with van der Waals surface area (Å²) >= 11 is 1.57. The quantitative estimate of drug-likeness (QED) is 0.649. The first-order valence-corrected chi connectivity index (χ1v) is 8.37. The zero-order valence-corrected chi connectivity index (χ0v) is 13.0. The Hall–Kier alpha value is -0.950. The average molecular weight is 303 g/mol. The number of urea groups is 1. The monoisotopic (exact) mass is 303 g/mol. The maximum atomic E-state index is 11.7. The molecule has 1 aliphatic rings. The highest BCUT2D eigenvalue weighted by molar-refractivity contribution is 7.98. The fraction of sp³-hybridized carbons (Fsp3) is 0.846. The van der Waals surface area contributed by atoms with E-state index in [1.165, 1.54) is 0 Å². The zero-order valence-electron chi connectivity index (χ0n) is 12.2. The molecule has 1 aliphatic heterocycles. The molecular formula is C13H25N3O3S. The number of hydrogen-bond acceptors (Lipinski definition) is 4. The maximum Gasteiger partial charge on any atom is 0.326 e. The molecule has 116 valence electrons. The number of aliphatic carboxylic acids is 1. The van der Waals surface area contributed by atoms with E-state index >= 15 is 0 Å². The molecule has 1 saturated heterocycles. The summed E-state index contributed by atoms with van der Waals surface area (Å²) in [6.07, 6.45) is 4.62. The summed E-state index contributed by atoms with van der Waals surface area (Å²) in [5, 5.41) is 14.4. The van der Waals surface area contributed by atoms with E-state index < -0.39 is 12.0 Å². The molecule has 2 atom stereocenters. The third-order valence-electron chi connectivity index (χ3n) is 3.49. The summed E-state index contributed by atoms with van der Waals surface area (Å²) in [4.78, 5) is 25.0. The maximum absolute atomic E-state index is 11.7. The van der Waals surface area contributed by atoms with Gasteiger partial charge in [0.1, 0.15) is 6.04 Å². The van der Waals surface area contributed by atoms with Gasteiger partial charge in [0.25, 0.3) is 0 Å². The van der Waals surface area contributed by atoms with Crippen molar-refractivity contribution in [3.8, 4) is 0 Å². The minimum absolute atomic E-state index is 0.383. The van der Waals surface area contributed by atoms with E-state index in [0.717, 1.165) is 25.9 Å². The van der Waals surface area contributed by atoms with E-state index in [2.05, 4.69) is 22.6 Å². The second-order valence-corrected chi connectivity index (χ2v) is 6.28. The van der Waals surface area contributed by atoms with Crippen LogP contribution in [0.25, 0.3) is 0 Å². The number of rotatable bonds is 7. The lowest BCUT2D eigenvalue weighted by Crippen LogP contribution is -2.48. The number of likely N-dealkylation sites (tertiary alicyclic amines) is 1. The molecule has 1 unspecified atom stereocenters. The molecule has 0 saturated carbocycles. The van der Waals surface area contributed by atoms with Crippen LogP contribution in [0.3, 0.4) is 0 Å². The van der Waals surface area contributed by atoms with Crippen LogP contribution in [-0.2, 0) is 4.79 Å². The van der Waals surface area contributed by atoms with Crippen molar-refractivity contribution >= 4 is 23.8 Å². The van der Waals surface area contributed by atoms with Crippen LogP contribution in [0.1, 0.15) is 19.3 Å². The summed E-state index contributed by atoms with van der Waals surface area (Å²) < 4.78 is 0. The predicted molar refractivity (Wildman–Crippen MR) is 81.2 cm³/mol. The number of carboxylic acid groups (broad SMARTS) is 1. The third kappa shape index (κ3) is 6.47. The number of carboxylic acids is 1. The SMILES string of the molecule is CSCC[C@@H](NC(=O)NCC1CCCN(C)C1)C(=O)O. The second kappa shape index (κ2) is 9.07. The molecule has 0 bridgehead atoms. The Labute approximate surface area is 124 Å². The van der Waals surface area contributed by atoms with E-state index in [9.17, 15) is 9.59 Å². The molecule has 20 heavy (non-hydrogen) atoms. The van der Waals surface area contributed by atoms with E-state index in [-0.39, 0.29) is 6.03 Å². The highest BCUT2D eigenvalue weighted by Crippen LogP contribution is 2.13. The summed E-state index contributed by atoms with van der Waals surface area (Å²) in [5.74, 6) is 0.186. The van der Waals surface area contributed by atoms with Crippen molar-refractivity contribution in [1.29, 1.82) is 0 Å². The Kier molecular flexibility index (Phi) is 7.76. The molecule has 7 heteroatoms. The summed E-state index contributed by atoms with van der Waals surface area (Å²) in [7, 11) is 2.08.